The molecule has 0 fully saturated rings. The fourth-order valence-electron chi connectivity index (χ4n) is 10.7. The Morgan fingerprint density at radius 3 is 2.19 bits per heavy atom. The minimum atomic E-state index is -2.81. The molecule has 17 nitrogen and oxygen atoms in total. The minimum Gasteiger partial charge on any atom is -0.493 e. The van der Waals surface area contributed by atoms with Gasteiger partial charge in [-0.05, 0) is 116 Å². The van der Waals surface area contributed by atoms with Crippen molar-refractivity contribution in [2.75, 3.05) is 40.6 Å². The van der Waals surface area contributed by atoms with Crippen LogP contribution in [0.5, 0.6) is 17.2 Å². The predicted molar refractivity (Wildman–Crippen MR) is 305 cm³/mol. The van der Waals surface area contributed by atoms with E-state index in [9.17, 15) is 39.0 Å². The van der Waals surface area contributed by atoms with Crippen LogP contribution < -0.4 is 40.0 Å². The van der Waals surface area contributed by atoms with Crippen LogP contribution in [0.25, 0.3) is 0 Å². The van der Waals surface area contributed by atoms with Crippen molar-refractivity contribution >= 4 is 75.8 Å². The van der Waals surface area contributed by atoms with E-state index in [1.807, 2.05) is 48.5 Å². The summed E-state index contributed by atoms with van der Waals surface area (Å²) in [5.74, 6) is -3.25. The molecule has 0 aliphatic carbocycles. The summed E-state index contributed by atoms with van der Waals surface area (Å²) in [6.45, 7) is 3.78. The second-order valence-corrected chi connectivity index (χ2v) is 20.8. The van der Waals surface area contributed by atoms with Crippen LogP contribution in [0.2, 0.25) is 0 Å². The van der Waals surface area contributed by atoms with E-state index in [2.05, 4.69) is 27.5 Å². The molecule has 5 heterocycles. The summed E-state index contributed by atoms with van der Waals surface area (Å²) in [4.78, 5) is 103. The van der Waals surface area contributed by atoms with Crippen molar-refractivity contribution in [3.05, 3.63) is 154 Å². The Hall–Kier alpha value is -8.86. The molecule has 80 heavy (non-hydrogen) atoms. The van der Waals surface area contributed by atoms with Crippen LogP contribution in [-0.2, 0) is 49.9 Å². The molecule has 0 spiro atoms. The van der Waals surface area contributed by atoms with Crippen LogP contribution in [0.4, 0.5) is 28.4 Å². The molecule has 5 aliphatic heterocycles. The van der Waals surface area contributed by atoms with E-state index in [0.29, 0.717) is 67.7 Å². The van der Waals surface area contributed by atoms with Crippen molar-refractivity contribution in [3.8, 4) is 17.2 Å². The van der Waals surface area contributed by atoms with Crippen molar-refractivity contribution in [1.82, 2.24) is 10.2 Å². The summed E-state index contributed by atoms with van der Waals surface area (Å²) < 4.78 is 55.7. The fourth-order valence-corrected chi connectivity index (χ4v) is 10.7. The third-order valence-corrected chi connectivity index (χ3v) is 15.0. The highest BCUT2D eigenvalue weighted by atomic mass is 16.5. The number of amides is 5. The molecule has 5 aromatic rings. The van der Waals surface area contributed by atoms with Gasteiger partial charge in [-0.25, -0.2) is 0 Å². The molecule has 5 amide bonds. The molecule has 4 atom stereocenters. The maximum absolute atomic E-state index is 14.2. The molecule has 0 radical (unpaired) electrons. The summed E-state index contributed by atoms with van der Waals surface area (Å²) in [6.07, 6.45) is 7.63. The first kappa shape index (κ1) is 49.4. The highest BCUT2D eigenvalue weighted by molar-refractivity contribution is 6.15. The molecule has 0 unspecified atom stereocenters. The lowest BCUT2D eigenvalue weighted by atomic mass is 9.99. The van der Waals surface area contributed by atoms with Gasteiger partial charge >= 0.3 is 0 Å². The number of rotatable bonds is 22. The van der Waals surface area contributed by atoms with E-state index < -0.39 is 42.7 Å². The Morgan fingerprint density at radius 2 is 1.46 bits per heavy atom. The number of hydrogen-bond acceptors (Lipinski definition) is 12. The van der Waals surface area contributed by atoms with Gasteiger partial charge in [-0.1, -0.05) is 49.9 Å². The standard InChI is InChI=1S/C63H65N7O10/c1-37-23-49-51(64-33-46-28-43-13-6-9-17-53(43)69(46)62(49)76)31-56(37)79-35-41-25-42(36-80-58-32-52-50(30-57(58)78-5)63(77)70-47(34-65-52)29-44-14-7-10-18-54(44)70)27-45(26-41)67-61(75)38(2)24-55(72)40(4)66-59(73)19-11-8-15-48(71)16-12-22-68-39(3)20-21-60(68)74/h6-7,9-10,13-14,17-18,20-21,23,25-27,30-32,34,38,40,46-47,64H,3,8,11-12,15-16,19,22,24,28-29,33,35-36H2,1-2,4-5H3,(H,66,73)(H,67,75)/t38-,40+,46+,47+/m1/s1/i35D2,36D2. The predicted octanol–water partition coefficient (Wildman–Crippen LogP) is 9.31. The lowest BCUT2D eigenvalue weighted by molar-refractivity contribution is -0.129. The number of para-hydroxylation sites is 2. The average Bonchev–Trinajstić information content (AvgIpc) is 3.08. The number of unbranched alkanes of at least 4 members (excludes halogenated alkanes) is 1. The highest BCUT2D eigenvalue weighted by Gasteiger charge is 2.39. The van der Waals surface area contributed by atoms with E-state index in [4.69, 9.17) is 14.2 Å². The molecular formula is C63H65N7O10. The van der Waals surface area contributed by atoms with Crippen LogP contribution in [0.3, 0.4) is 0 Å². The number of carbonyl (C=O) groups is 7. The Morgan fingerprint density at radius 1 is 0.787 bits per heavy atom. The number of allylic oxidation sites excluding steroid dienone is 1. The van der Waals surface area contributed by atoms with E-state index in [0.717, 1.165) is 22.5 Å². The van der Waals surface area contributed by atoms with Crippen LogP contribution in [0.15, 0.2) is 120 Å². The quantitative estimate of drug-likeness (QED) is 0.0557. The maximum atomic E-state index is 14.2. The van der Waals surface area contributed by atoms with Crippen LogP contribution in [-0.4, -0.2) is 90.5 Å². The molecule has 0 bridgehead atoms. The van der Waals surface area contributed by atoms with Gasteiger partial charge < -0.3 is 40.0 Å². The van der Waals surface area contributed by atoms with Crippen molar-refractivity contribution in [2.24, 2.45) is 10.9 Å². The topological polar surface area (TPSA) is 205 Å². The summed E-state index contributed by atoms with van der Waals surface area (Å²) in [5, 5.41) is 8.78. The number of aliphatic imine (C=N–C) groups is 1. The Kier molecular flexibility index (Phi) is 14.6. The zero-order chi connectivity index (χ0) is 59.8. The summed E-state index contributed by atoms with van der Waals surface area (Å²) >= 11 is 0. The van der Waals surface area contributed by atoms with Gasteiger partial charge in [0, 0.05) is 98.3 Å². The first-order chi connectivity index (χ1) is 40.1. The zero-order valence-corrected chi connectivity index (χ0v) is 45.1. The van der Waals surface area contributed by atoms with Gasteiger partial charge in [-0.15, -0.1) is 0 Å². The molecule has 3 N–H and O–H groups in total. The number of ketones is 2. The van der Waals surface area contributed by atoms with Crippen molar-refractivity contribution < 1.29 is 53.3 Å². The molecule has 0 saturated carbocycles. The number of anilines is 4. The normalized spacial score (nSPS) is 18.3. The molecule has 0 saturated heterocycles. The van der Waals surface area contributed by atoms with E-state index in [1.54, 1.807) is 41.1 Å². The van der Waals surface area contributed by atoms with Crippen molar-refractivity contribution in [2.45, 2.75) is 110 Å². The first-order valence-corrected chi connectivity index (χ1v) is 26.9. The second-order valence-electron chi connectivity index (χ2n) is 20.8. The van der Waals surface area contributed by atoms with Gasteiger partial charge in [-0.2, -0.15) is 0 Å². The van der Waals surface area contributed by atoms with Crippen LogP contribution >= 0.6 is 0 Å². The van der Waals surface area contributed by atoms with Crippen molar-refractivity contribution in [1.29, 1.82) is 0 Å². The van der Waals surface area contributed by atoms with Gasteiger partial charge in [-0.3, -0.25) is 43.5 Å². The third kappa shape index (κ3) is 11.8. The second kappa shape index (κ2) is 23.6. The number of benzene rings is 5. The molecule has 10 rings (SSSR count). The zero-order valence-electron chi connectivity index (χ0n) is 49.1. The Labute approximate surface area is 470 Å². The number of Topliss-reactive ketones (excluding diaryl/α,β-unsaturated/α-hetero) is 2. The molecule has 0 aromatic heterocycles. The first-order valence-electron chi connectivity index (χ1n) is 28.9. The lowest BCUT2D eigenvalue weighted by Gasteiger charge is -2.22. The minimum absolute atomic E-state index is 0.00681. The number of carbonyl (C=O) groups excluding carboxylic acids is 7. The number of nitrogens with zero attached hydrogens (tertiary/aromatic N) is 4. The van der Waals surface area contributed by atoms with E-state index in [-0.39, 0.29) is 107 Å². The Balaban J connectivity index is 0.850. The van der Waals surface area contributed by atoms with Crippen LogP contribution in [0.1, 0.15) is 113 Å². The number of aryl methyl sites for hydroxylation is 1. The summed E-state index contributed by atoms with van der Waals surface area (Å²) in [7, 11) is 1.34. The number of hydrogen-bond donors (Lipinski definition) is 3. The van der Waals surface area contributed by atoms with E-state index >= 15 is 0 Å². The fraction of sp³-hybridized carbons (Fsp3) is 0.333. The van der Waals surface area contributed by atoms with Gasteiger partial charge in [0.05, 0.1) is 53.2 Å². The van der Waals surface area contributed by atoms with E-state index in [1.165, 1.54) is 62.3 Å². The molecule has 17 heteroatoms. The monoisotopic (exact) mass is 1080 g/mol. The number of methoxy groups -OCH3 is 1. The summed E-state index contributed by atoms with van der Waals surface area (Å²) in [6, 6.07) is 23.7. The maximum Gasteiger partial charge on any atom is 0.261 e. The molecule has 412 valence electrons. The lowest BCUT2D eigenvalue weighted by Crippen LogP contribution is -2.39. The van der Waals surface area contributed by atoms with Crippen molar-refractivity contribution in [3.63, 3.8) is 0 Å². The van der Waals surface area contributed by atoms with Gasteiger partial charge in [0.15, 0.2) is 17.3 Å². The Bertz CT molecular complexity index is 3590. The SMILES string of the molecule is [2H]C([2H])(Oc1cc2c(cc1C)C(=O)N1c3ccccc3C[C@H]1CN2)c1cc(NC(=O)[C@H](C)CC(=O)[C@H](C)NC(=O)CCCCC(=O)CCCN2C(=C)C=CC2=O)cc(C([2H])([2H])Oc2cc3c(cc2OC)C(=O)N2c4ccccc4C[C@H]2C=N3)c1. The molecule has 5 aliphatic rings. The van der Waals surface area contributed by atoms with Gasteiger partial charge in [0.1, 0.15) is 24.7 Å². The summed E-state index contributed by atoms with van der Waals surface area (Å²) in [5.41, 5.74) is 5.30. The van der Waals surface area contributed by atoms with Gasteiger partial charge in [0.2, 0.25) is 11.8 Å². The number of fused-ring (bicyclic) bond motifs is 8. The average molecular weight is 1080 g/mol. The highest BCUT2D eigenvalue weighted by Crippen LogP contribution is 2.42. The van der Waals surface area contributed by atoms with Crippen LogP contribution in [0, 0.1) is 12.8 Å². The smallest absolute Gasteiger partial charge is 0.261 e. The van der Waals surface area contributed by atoms with Gasteiger partial charge in [0.25, 0.3) is 17.7 Å². The third-order valence-electron chi connectivity index (χ3n) is 15.0. The molecular weight excluding hydrogens is 1010 g/mol. The number of nitrogens with one attached hydrogen (secondary N) is 3. The molecule has 5 aromatic carbocycles. The number of ether oxygens (including phenoxy) is 3. The largest absolute Gasteiger partial charge is 0.493 e.